The molecule has 0 aromatic carbocycles. The van der Waals surface area contributed by atoms with Crippen LogP contribution >= 0.6 is 0 Å². The zero-order valence-corrected chi connectivity index (χ0v) is 9.93. The van der Waals surface area contributed by atoms with Crippen LogP contribution in [0.25, 0.3) is 0 Å². The summed E-state index contributed by atoms with van der Waals surface area (Å²) in [6.45, 7) is 6.34. The minimum absolute atomic E-state index is 0.0719. The lowest BCUT2D eigenvalue weighted by molar-refractivity contribution is -0.138. The third-order valence-corrected chi connectivity index (χ3v) is 2.09. The highest BCUT2D eigenvalue weighted by molar-refractivity contribution is 5.69. The quantitative estimate of drug-likeness (QED) is 0.684. The van der Waals surface area contributed by atoms with E-state index in [0.29, 0.717) is 24.8 Å². The molecule has 6 nitrogen and oxygen atoms in total. The predicted molar refractivity (Wildman–Crippen MR) is 61.4 cm³/mol. The summed E-state index contributed by atoms with van der Waals surface area (Å²) in [5.41, 5.74) is 0. The molecule has 1 aromatic rings. The van der Waals surface area contributed by atoms with E-state index in [4.69, 9.17) is 9.63 Å². The monoisotopic (exact) mass is 239 g/mol. The van der Waals surface area contributed by atoms with Crippen LogP contribution in [0.2, 0.25) is 0 Å². The maximum atomic E-state index is 10.6. The first-order chi connectivity index (χ1) is 8.15. The molecule has 6 heteroatoms. The van der Waals surface area contributed by atoms with E-state index in [1.54, 1.807) is 11.0 Å². The number of carbonyl (C=O) groups is 1. The molecule has 0 unspecified atom stereocenters. The molecule has 0 radical (unpaired) electrons. The Labute approximate surface area is 99.9 Å². The van der Waals surface area contributed by atoms with Crippen LogP contribution in [0.3, 0.4) is 0 Å². The van der Waals surface area contributed by atoms with E-state index in [9.17, 15) is 4.79 Å². The summed E-state index contributed by atoms with van der Waals surface area (Å²) in [5.74, 6) is 0.216. The van der Waals surface area contributed by atoms with Gasteiger partial charge in [0.15, 0.2) is 5.82 Å². The van der Waals surface area contributed by atoms with Gasteiger partial charge >= 0.3 is 5.97 Å². The lowest BCUT2D eigenvalue weighted by atomic mass is 10.3. The van der Waals surface area contributed by atoms with Gasteiger partial charge in [0, 0.05) is 13.0 Å². The molecule has 17 heavy (non-hydrogen) atoms. The maximum Gasteiger partial charge on any atom is 0.317 e. The van der Waals surface area contributed by atoms with Crippen molar-refractivity contribution in [3.63, 3.8) is 0 Å². The number of rotatable bonds is 8. The number of carboxylic acid groups (broad SMARTS) is 1. The van der Waals surface area contributed by atoms with Gasteiger partial charge in [-0.05, 0) is 6.42 Å². The Kier molecular flexibility index (Phi) is 5.35. The number of aromatic nitrogens is 2. The van der Waals surface area contributed by atoms with Crippen LogP contribution in [0.15, 0.2) is 17.2 Å². The van der Waals surface area contributed by atoms with Crippen molar-refractivity contribution in [1.82, 2.24) is 15.0 Å². The molecule has 1 aromatic heterocycles. The summed E-state index contributed by atoms with van der Waals surface area (Å²) in [6.07, 6.45) is 3.36. The van der Waals surface area contributed by atoms with Gasteiger partial charge in [-0.25, -0.2) is 0 Å². The predicted octanol–water partition coefficient (Wildman–Crippen LogP) is 1.09. The van der Waals surface area contributed by atoms with Gasteiger partial charge in [0.05, 0.1) is 13.1 Å². The van der Waals surface area contributed by atoms with E-state index >= 15 is 0 Å². The number of nitrogens with zero attached hydrogens (tertiary/aromatic N) is 3. The smallest absolute Gasteiger partial charge is 0.317 e. The highest BCUT2D eigenvalue weighted by Crippen LogP contribution is 2.04. The van der Waals surface area contributed by atoms with Gasteiger partial charge in [0.25, 0.3) is 0 Å². The molecule has 0 saturated carbocycles. The Morgan fingerprint density at radius 2 is 2.41 bits per heavy atom. The molecule has 0 fully saturated rings. The van der Waals surface area contributed by atoms with Crippen molar-refractivity contribution >= 4 is 5.97 Å². The fraction of sp³-hybridized carbons (Fsp3) is 0.545. The molecule has 0 atom stereocenters. The number of hydrogen-bond donors (Lipinski definition) is 1. The van der Waals surface area contributed by atoms with E-state index in [0.717, 1.165) is 12.8 Å². The van der Waals surface area contributed by atoms with Crippen molar-refractivity contribution in [1.29, 1.82) is 0 Å². The Morgan fingerprint density at radius 1 is 1.65 bits per heavy atom. The fourth-order valence-corrected chi connectivity index (χ4v) is 1.43. The molecule has 0 aliphatic rings. The third kappa shape index (κ3) is 4.78. The molecule has 94 valence electrons. The molecule has 1 heterocycles. The molecule has 0 bridgehead atoms. The SMILES string of the molecule is C=CCN(CC(=O)O)Cc1nc(CCC)no1. The second kappa shape index (κ2) is 6.80. The maximum absolute atomic E-state index is 10.6. The lowest BCUT2D eigenvalue weighted by Crippen LogP contribution is -2.29. The molecular formula is C11H17N3O3. The highest BCUT2D eigenvalue weighted by Gasteiger charge is 2.13. The van der Waals surface area contributed by atoms with Crippen molar-refractivity contribution in [3.8, 4) is 0 Å². The van der Waals surface area contributed by atoms with Crippen LogP contribution in [0.5, 0.6) is 0 Å². The average molecular weight is 239 g/mol. The summed E-state index contributed by atoms with van der Waals surface area (Å²) in [6, 6.07) is 0. The molecule has 1 rings (SSSR count). The molecule has 0 amide bonds. The number of aliphatic carboxylic acids is 1. The van der Waals surface area contributed by atoms with E-state index in [-0.39, 0.29) is 6.54 Å². The van der Waals surface area contributed by atoms with Crippen LogP contribution in [-0.4, -0.2) is 39.2 Å². The van der Waals surface area contributed by atoms with Gasteiger partial charge in [-0.15, -0.1) is 6.58 Å². The van der Waals surface area contributed by atoms with E-state index in [1.807, 2.05) is 6.92 Å². The lowest BCUT2D eigenvalue weighted by Gasteiger charge is -2.15. The van der Waals surface area contributed by atoms with E-state index < -0.39 is 5.97 Å². The topological polar surface area (TPSA) is 79.5 Å². The molecular weight excluding hydrogens is 222 g/mol. The van der Waals surface area contributed by atoms with Crippen LogP contribution in [-0.2, 0) is 17.8 Å². The van der Waals surface area contributed by atoms with Crippen molar-refractivity contribution in [2.45, 2.75) is 26.3 Å². The minimum Gasteiger partial charge on any atom is -0.480 e. The zero-order valence-electron chi connectivity index (χ0n) is 9.93. The first-order valence-electron chi connectivity index (χ1n) is 5.52. The van der Waals surface area contributed by atoms with Gasteiger partial charge in [0.1, 0.15) is 0 Å². The zero-order chi connectivity index (χ0) is 12.7. The van der Waals surface area contributed by atoms with Crippen LogP contribution in [0.4, 0.5) is 0 Å². The van der Waals surface area contributed by atoms with Crippen LogP contribution in [0.1, 0.15) is 25.1 Å². The number of hydrogen-bond acceptors (Lipinski definition) is 5. The van der Waals surface area contributed by atoms with Gasteiger partial charge in [-0.1, -0.05) is 18.2 Å². The Morgan fingerprint density at radius 3 is 3.00 bits per heavy atom. The number of carboxylic acids is 1. The highest BCUT2D eigenvalue weighted by atomic mass is 16.5. The van der Waals surface area contributed by atoms with Gasteiger partial charge in [-0.2, -0.15) is 4.98 Å². The average Bonchev–Trinajstić information content (AvgIpc) is 2.65. The Hall–Kier alpha value is -1.69. The van der Waals surface area contributed by atoms with Crippen LogP contribution in [0, 0.1) is 0 Å². The standard InChI is InChI=1S/C11H17N3O3/c1-3-5-9-12-10(17-13-9)7-14(6-4-2)8-11(15)16/h4H,2-3,5-8H2,1H3,(H,15,16). The largest absolute Gasteiger partial charge is 0.480 e. The summed E-state index contributed by atoms with van der Waals surface area (Å²) >= 11 is 0. The minimum atomic E-state index is -0.889. The summed E-state index contributed by atoms with van der Waals surface area (Å²) < 4.78 is 5.05. The third-order valence-electron chi connectivity index (χ3n) is 2.09. The van der Waals surface area contributed by atoms with Crippen molar-refractivity contribution in [3.05, 3.63) is 24.4 Å². The van der Waals surface area contributed by atoms with Gasteiger partial charge in [0.2, 0.25) is 5.89 Å². The molecule has 1 N–H and O–H groups in total. The first kappa shape index (κ1) is 13.4. The van der Waals surface area contributed by atoms with Gasteiger partial charge < -0.3 is 9.63 Å². The van der Waals surface area contributed by atoms with E-state index in [1.165, 1.54) is 0 Å². The van der Waals surface area contributed by atoms with Crippen LogP contribution < -0.4 is 0 Å². The second-order valence-electron chi connectivity index (χ2n) is 3.71. The molecule has 0 aliphatic heterocycles. The van der Waals surface area contributed by atoms with Crippen molar-refractivity contribution in [2.24, 2.45) is 0 Å². The molecule has 0 aliphatic carbocycles. The Balaban J connectivity index is 2.57. The normalized spacial score (nSPS) is 10.7. The summed E-state index contributed by atoms with van der Waals surface area (Å²) in [7, 11) is 0. The molecule has 0 spiro atoms. The number of aryl methyl sites for hydroxylation is 1. The van der Waals surface area contributed by atoms with E-state index in [2.05, 4.69) is 16.7 Å². The van der Waals surface area contributed by atoms with Crippen molar-refractivity contribution in [2.75, 3.05) is 13.1 Å². The Bertz CT molecular complexity index is 376. The fourth-order valence-electron chi connectivity index (χ4n) is 1.43. The first-order valence-corrected chi connectivity index (χ1v) is 5.52. The summed E-state index contributed by atoms with van der Waals surface area (Å²) in [4.78, 5) is 16.5. The van der Waals surface area contributed by atoms with Gasteiger partial charge in [-0.3, -0.25) is 9.69 Å². The summed E-state index contributed by atoms with van der Waals surface area (Å²) in [5, 5.41) is 12.5. The van der Waals surface area contributed by atoms with Crippen molar-refractivity contribution < 1.29 is 14.4 Å². The molecule has 0 saturated heterocycles. The second-order valence-corrected chi connectivity index (χ2v) is 3.71.